The highest BCUT2D eigenvalue weighted by Crippen LogP contribution is 2.57. The predicted molar refractivity (Wildman–Crippen MR) is 107 cm³/mol. The summed E-state index contributed by atoms with van der Waals surface area (Å²) in [5, 5.41) is 1.96. The predicted octanol–water partition coefficient (Wildman–Crippen LogP) is 3.61. The van der Waals surface area contributed by atoms with Gasteiger partial charge in [0.25, 0.3) is 0 Å². The Kier molecular flexibility index (Phi) is 4.43. The van der Waals surface area contributed by atoms with E-state index in [2.05, 4.69) is 4.90 Å². The van der Waals surface area contributed by atoms with Crippen LogP contribution in [0.2, 0.25) is 0 Å². The zero-order chi connectivity index (χ0) is 18.6. The fraction of sp³-hybridized carbons (Fsp3) is 0.727. The van der Waals surface area contributed by atoms with Gasteiger partial charge in [0.1, 0.15) is 0 Å². The fourth-order valence-corrected chi connectivity index (χ4v) is 7.64. The van der Waals surface area contributed by atoms with Crippen molar-refractivity contribution in [3.05, 3.63) is 21.9 Å². The minimum atomic E-state index is 0.0860. The van der Waals surface area contributed by atoms with E-state index in [9.17, 15) is 9.59 Å². The normalized spacial score (nSPS) is 35.6. The minimum absolute atomic E-state index is 0.0860. The summed E-state index contributed by atoms with van der Waals surface area (Å²) >= 11 is 1.45. The maximum atomic E-state index is 12.7. The molecule has 0 aromatic carbocycles. The number of nitrogens with zero attached hydrogens (tertiary/aromatic N) is 2. The van der Waals surface area contributed by atoms with Crippen LogP contribution < -0.4 is 0 Å². The second-order valence-corrected chi connectivity index (χ2v) is 10.5. The van der Waals surface area contributed by atoms with Crippen LogP contribution in [0.4, 0.5) is 0 Å². The van der Waals surface area contributed by atoms with E-state index in [0.717, 1.165) is 54.4 Å². The lowest BCUT2D eigenvalue weighted by molar-refractivity contribution is -0.137. The Morgan fingerprint density at radius 1 is 1.04 bits per heavy atom. The molecule has 4 bridgehead atoms. The van der Waals surface area contributed by atoms with Crippen molar-refractivity contribution < 1.29 is 9.59 Å². The number of hydrogen-bond donors (Lipinski definition) is 0. The van der Waals surface area contributed by atoms with Gasteiger partial charge < -0.3 is 4.90 Å². The van der Waals surface area contributed by atoms with Crippen LogP contribution in [0.3, 0.4) is 0 Å². The van der Waals surface area contributed by atoms with Gasteiger partial charge in [-0.05, 0) is 80.2 Å². The summed E-state index contributed by atoms with van der Waals surface area (Å²) in [6.07, 6.45) is 9.13. The lowest BCUT2D eigenvalue weighted by Gasteiger charge is -2.61. The van der Waals surface area contributed by atoms with Gasteiger partial charge in [0.2, 0.25) is 5.91 Å². The molecule has 5 fully saturated rings. The highest BCUT2D eigenvalue weighted by molar-refractivity contribution is 7.12. The molecule has 1 aliphatic heterocycles. The van der Waals surface area contributed by atoms with Gasteiger partial charge in [-0.2, -0.15) is 0 Å². The molecule has 4 saturated carbocycles. The summed E-state index contributed by atoms with van der Waals surface area (Å²) < 4.78 is 0. The van der Waals surface area contributed by atoms with E-state index in [1.54, 1.807) is 6.92 Å². The van der Waals surface area contributed by atoms with E-state index in [1.165, 1.54) is 49.9 Å². The summed E-state index contributed by atoms with van der Waals surface area (Å²) in [7, 11) is 0. The Morgan fingerprint density at radius 2 is 1.63 bits per heavy atom. The van der Waals surface area contributed by atoms with Crippen molar-refractivity contribution in [2.75, 3.05) is 26.2 Å². The zero-order valence-electron chi connectivity index (χ0n) is 16.3. The average molecular weight is 387 g/mol. The molecule has 0 N–H and O–H groups in total. The monoisotopic (exact) mass is 386 g/mol. The highest BCUT2D eigenvalue weighted by Gasteiger charge is 2.53. The number of carbonyl (C=O) groups is 2. The second kappa shape index (κ2) is 6.70. The van der Waals surface area contributed by atoms with E-state index >= 15 is 0 Å². The van der Waals surface area contributed by atoms with Gasteiger partial charge in [-0.25, -0.2) is 0 Å². The number of hydrogen-bond acceptors (Lipinski definition) is 4. The van der Waals surface area contributed by atoms with E-state index in [0.29, 0.717) is 12.0 Å². The molecule has 2 heterocycles. The molecular formula is C22H30N2O2S. The van der Waals surface area contributed by atoms with Crippen molar-refractivity contribution in [1.29, 1.82) is 0 Å². The Labute approximate surface area is 165 Å². The molecule has 0 radical (unpaired) electrons. The Balaban J connectivity index is 1.19. The third kappa shape index (κ3) is 3.27. The number of carbonyl (C=O) groups excluding carboxylic acids is 2. The molecule has 6 rings (SSSR count). The zero-order valence-corrected chi connectivity index (χ0v) is 17.1. The third-order valence-corrected chi connectivity index (χ3v) is 8.75. The Bertz CT molecular complexity index is 712. The molecule has 0 unspecified atom stereocenters. The quantitative estimate of drug-likeness (QED) is 0.743. The first-order chi connectivity index (χ1) is 13.0. The van der Waals surface area contributed by atoms with Crippen LogP contribution in [-0.2, 0) is 11.2 Å². The lowest BCUT2D eigenvalue weighted by Crippen LogP contribution is -2.64. The average Bonchev–Trinajstić information content (AvgIpc) is 3.09. The van der Waals surface area contributed by atoms with Gasteiger partial charge in [-0.3, -0.25) is 14.5 Å². The van der Waals surface area contributed by atoms with Crippen LogP contribution in [0.5, 0.6) is 0 Å². The van der Waals surface area contributed by atoms with Crippen molar-refractivity contribution in [2.45, 2.75) is 57.4 Å². The van der Waals surface area contributed by atoms with Crippen LogP contribution in [0.25, 0.3) is 0 Å². The van der Waals surface area contributed by atoms with Crippen LogP contribution in [0.1, 0.15) is 60.7 Å². The molecule has 0 atom stereocenters. The second-order valence-electron chi connectivity index (χ2n) is 9.56. The van der Waals surface area contributed by atoms with Crippen molar-refractivity contribution >= 4 is 23.0 Å². The van der Waals surface area contributed by atoms with Crippen molar-refractivity contribution in [1.82, 2.24) is 9.80 Å². The van der Waals surface area contributed by atoms with Gasteiger partial charge >= 0.3 is 0 Å². The number of Topliss-reactive ketones (excluding diaryl/α,β-unsaturated/α-hetero) is 1. The fourth-order valence-electron chi connectivity index (χ4n) is 6.82. The maximum absolute atomic E-state index is 12.7. The molecule has 146 valence electrons. The Morgan fingerprint density at radius 3 is 2.15 bits per heavy atom. The molecule has 4 aliphatic carbocycles. The van der Waals surface area contributed by atoms with Gasteiger partial charge in [0, 0.05) is 31.7 Å². The maximum Gasteiger partial charge on any atom is 0.227 e. The summed E-state index contributed by atoms with van der Waals surface area (Å²) in [6, 6.07) is 1.89. The molecule has 1 saturated heterocycles. The van der Waals surface area contributed by atoms with E-state index in [4.69, 9.17) is 0 Å². The molecule has 1 amide bonds. The third-order valence-electron chi connectivity index (χ3n) is 7.67. The standard InChI is InChI=1S/C22H30N2O2S/c1-15(25)20-9-19(14-27-20)10-21(26)23-2-4-24(5-3-23)22-11-16-6-17(12-22)8-18(7-16)13-22/h9,14,16-18H,2-8,10-13H2,1H3. The number of thiophene rings is 1. The topological polar surface area (TPSA) is 40.6 Å². The largest absolute Gasteiger partial charge is 0.340 e. The highest BCUT2D eigenvalue weighted by atomic mass is 32.1. The molecule has 5 aliphatic rings. The molecule has 0 spiro atoms. The number of ketones is 1. The van der Waals surface area contributed by atoms with Crippen LogP contribution in [-0.4, -0.2) is 53.2 Å². The first-order valence-electron chi connectivity index (χ1n) is 10.6. The number of piperazine rings is 1. The summed E-state index contributed by atoms with van der Waals surface area (Å²) in [5.74, 6) is 3.23. The van der Waals surface area contributed by atoms with Crippen molar-refractivity contribution in [2.24, 2.45) is 17.8 Å². The van der Waals surface area contributed by atoms with Crippen LogP contribution in [0.15, 0.2) is 11.4 Å². The molecule has 4 nitrogen and oxygen atoms in total. The van der Waals surface area contributed by atoms with E-state index in [1.807, 2.05) is 16.3 Å². The molecule has 1 aromatic heterocycles. The van der Waals surface area contributed by atoms with Crippen LogP contribution >= 0.6 is 11.3 Å². The van der Waals surface area contributed by atoms with Crippen LogP contribution in [0, 0.1) is 17.8 Å². The Hall–Kier alpha value is -1.20. The first kappa shape index (κ1) is 17.9. The molecular weight excluding hydrogens is 356 g/mol. The van der Waals surface area contributed by atoms with Crippen molar-refractivity contribution in [3.63, 3.8) is 0 Å². The smallest absolute Gasteiger partial charge is 0.227 e. The summed E-state index contributed by atoms with van der Waals surface area (Å²) in [4.78, 5) is 29.7. The SMILES string of the molecule is CC(=O)c1cc(CC(=O)N2CCN(C34CC5CC(CC(C5)C3)C4)CC2)cs1. The van der Waals surface area contributed by atoms with Gasteiger partial charge in [0.05, 0.1) is 11.3 Å². The molecule has 5 heteroatoms. The lowest BCUT2D eigenvalue weighted by atomic mass is 9.52. The number of rotatable bonds is 4. The summed E-state index contributed by atoms with van der Waals surface area (Å²) in [5.41, 5.74) is 1.45. The van der Waals surface area contributed by atoms with Gasteiger partial charge in [-0.15, -0.1) is 11.3 Å². The minimum Gasteiger partial charge on any atom is -0.340 e. The van der Waals surface area contributed by atoms with Gasteiger partial charge in [-0.1, -0.05) is 0 Å². The number of amides is 1. The first-order valence-corrected chi connectivity index (χ1v) is 11.5. The molecule has 27 heavy (non-hydrogen) atoms. The van der Waals surface area contributed by atoms with Gasteiger partial charge in [0.15, 0.2) is 5.78 Å². The van der Waals surface area contributed by atoms with Crippen molar-refractivity contribution in [3.8, 4) is 0 Å². The summed E-state index contributed by atoms with van der Waals surface area (Å²) in [6.45, 7) is 5.40. The van der Waals surface area contributed by atoms with E-state index in [-0.39, 0.29) is 11.7 Å². The molecule has 1 aromatic rings. The van der Waals surface area contributed by atoms with E-state index < -0.39 is 0 Å².